The second-order valence-electron chi connectivity index (χ2n) is 4.99. The van der Waals surface area contributed by atoms with Crippen molar-refractivity contribution in [2.75, 3.05) is 11.9 Å². The molecule has 4 nitrogen and oxygen atoms in total. The summed E-state index contributed by atoms with van der Waals surface area (Å²) in [6.07, 6.45) is 2.99. The van der Waals surface area contributed by atoms with Crippen LogP contribution in [-0.2, 0) is 0 Å². The highest BCUT2D eigenvalue weighted by molar-refractivity contribution is 9.10. The number of urea groups is 1. The van der Waals surface area contributed by atoms with Crippen molar-refractivity contribution in [1.29, 1.82) is 0 Å². The summed E-state index contributed by atoms with van der Waals surface area (Å²) in [4.78, 5) is 12.0. The summed E-state index contributed by atoms with van der Waals surface area (Å²) in [5.41, 5.74) is 1.80. The van der Waals surface area contributed by atoms with Gasteiger partial charge in [-0.3, -0.25) is 0 Å². The molecule has 2 rings (SSSR count). The second-order valence-corrected chi connectivity index (χ2v) is 5.85. The van der Waals surface area contributed by atoms with Gasteiger partial charge in [0.2, 0.25) is 0 Å². The summed E-state index contributed by atoms with van der Waals surface area (Å²) in [5.74, 6) is 0.189. The van der Waals surface area contributed by atoms with E-state index in [0.29, 0.717) is 0 Å². The van der Waals surface area contributed by atoms with Crippen molar-refractivity contribution in [3.05, 3.63) is 28.2 Å². The van der Waals surface area contributed by atoms with E-state index in [9.17, 15) is 9.90 Å². The van der Waals surface area contributed by atoms with Gasteiger partial charge in [0, 0.05) is 28.7 Å². The van der Waals surface area contributed by atoms with Crippen LogP contribution in [0.2, 0.25) is 0 Å². The van der Waals surface area contributed by atoms with E-state index in [1.165, 1.54) is 0 Å². The van der Waals surface area contributed by atoms with Crippen molar-refractivity contribution >= 4 is 27.6 Å². The van der Waals surface area contributed by atoms with Crippen molar-refractivity contribution in [2.45, 2.75) is 32.2 Å². The number of benzene rings is 1. The Morgan fingerprint density at radius 3 is 3.00 bits per heavy atom. The molecule has 0 saturated heterocycles. The van der Waals surface area contributed by atoms with Crippen LogP contribution >= 0.6 is 15.9 Å². The maximum atomic E-state index is 12.0. The molecule has 0 bridgehead atoms. The Bertz CT molecular complexity index is 465. The Kier molecular flexibility index (Phi) is 4.82. The summed E-state index contributed by atoms with van der Waals surface area (Å²) in [6.45, 7) is 2.09. The lowest BCUT2D eigenvalue weighted by molar-refractivity contribution is 0.203. The van der Waals surface area contributed by atoms with Crippen LogP contribution < -0.4 is 10.6 Å². The smallest absolute Gasteiger partial charge is 0.319 e. The van der Waals surface area contributed by atoms with E-state index < -0.39 is 0 Å². The number of anilines is 1. The maximum Gasteiger partial charge on any atom is 0.319 e. The molecule has 1 aliphatic carbocycles. The predicted molar refractivity (Wildman–Crippen MR) is 79.2 cm³/mol. The van der Waals surface area contributed by atoms with E-state index in [1.807, 2.05) is 25.1 Å². The molecule has 2 amide bonds. The fraction of sp³-hybridized carbons (Fsp3) is 0.500. The fourth-order valence-electron chi connectivity index (χ4n) is 2.52. The first-order chi connectivity index (χ1) is 9.11. The Labute approximate surface area is 121 Å². The molecule has 0 unspecified atom stereocenters. The molecule has 0 spiro atoms. The Balaban J connectivity index is 1.96. The molecule has 19 heavy (non-hydrogen) atoms. The van der Waals surface area contributed by atoms with Crippen LogP contribution in [0.4, 0.5) is 10.5 Å². The topological polar surface area (TPSA) is 61.4 Å². The van der Waals surface area contributed by atoms with Crippen LogP contribution in [-0.4, -0.2) is 23.8 Å². The molecule has 0 aromatic heterocycles. The average molecular weight is 327 g/mol. The van der Waals surface area contributed by atoms with E-state index in [4.69, 9.17) is 0 Å². The zero-order chi connectivity index (χ0) is 13.8. The molecule has 1 aromatic carbocycles. The molecule has 0 radical (unpaired) electrons. The standard InChI is InChI=1S/C14H19BrN2O2/c1-9-11(15)5-3-6-12(9)16-14(19)17-13-7-2-4-10(13)8-18/h3,5-6,10,13,18H,2,4,7-8H2,1H3,(H2,16,17,19)/t10-,13-/m1/s1. The normalized spacial score (nSPS) is 22.3. The van der Waals surface area contributed by atoms with E-state index in [2.05, 4.69) is 26.6 Å². The monoisotopic (exact) mass is 326 g/mol. The number of aliphatic hydroxyl groups excluding tert-OH is 1. The van der Waals surface area contributed by atoms with Gasteiger partial charge in [-0.2, -0.15) is 0 Å². The quantitative estimate of drug-likeness (QED) is 0.799. The highest BCUT2D eigenvalue weighted by Gasteiger charge is 2.27. The van der Waals surface area contributed by atoms with Crippen LogP contribution in [0.25, 0.3) is 0 Å². The molecule has 3 N–H and O–H groups in total. The van der Waals surface area contributed by atoms with Crippen LogP contribution in [0.3, 0.4) is 0 Å². The number of nitrogens with one attached hydrogen (secondary N) is 2. The lowest BCUT2D eigenvalue weighted by Crippen LogP contribution is -2.41. The second kappa shape index (κ2) is 6.39. The third kappa shape index (κ3) is 3.48. The molecular weight excluding hydrogens is 308 g/mol. The summed E-state index contributed by atoms with van der Waals surface area (Å²) in [6, 6.07) is 5.58. The van der Waals surface area contributed by atoms with Gasteiger partial charge < -0.3 is 15.7 Å². The zero-order valence-electron chi connectivity index (χ0n) is 10.9. The first-order valence-electron chi connectivity index (χ1n) is 6.55. The highest BCUT2D eigenvalue weighted by Crippen LogP contribution is 2.26. The van der Waals surface area contributed by atoms with Gasteiger partial charge in [-0.15, -0.1) is 0 Å². The van der Waals surface area contributed by atoms with E-state index in [1.54, 1.807) is 0 Å². The Morgan fingerprint density at radius 1 is 1.47 bits per heavy atom. The van der Waals surface area contributed by atoms with Crippen molar-refractivity contribution in [3.63, 3.8) is 0 Å². The van der Waals surface area contributed by atoms with E-state index in [-0.39, 0.29) is 24.6 Å². The molecule has 0 heterocycles. The van der Waals surface area contributed by atoms with Gasteiger partial charge in [0.15, 0.2) is 0 Å². The van der Waals surface area contributed by atoms with Crippen molar-refractivity contribution in [3.8, 4) is 0 Å². The molecule has 1 aliphatic rings. The summed E-state index contributed by atoms with van der Waals surface area (Å²) >= 11 is 3.44. The number of carbonyl (C=O) groups is 1. The summed E-state index contributed by atoms with van der Waals surface area (Å²) in [5, 5.41) is 15.1. The number of amides is 2. The SMILES string of the molecule is Cc1c(Br)cccc1NC(=O)N[C@@H]1CCC[C@@H]1CO. The van der Waals surface area contributed by atoms with Crippen molar-refractivity contribution in [2.24, 2.45) is 5.92 Å². The average Bonchev–Trinajstić information content (AvgIpc) is 2.82. The Hall–Kier alpha value is -1.07. The number of rotatable bonds is 3. The molecule has 2 atom stereocenters. The van der Waals surface area contributed by atoms with Crippen LogP contribution in [0, 0.1) is 12.8 Å². The maximum absolute atomic E-state index is 12.0. The lowest BCUT2D eigenvalue weighted by Gasteiger charge is -2.19. The first kappa shape index (κ1) is 14.3. The minimum absolute atomic E-state index is 0.0810. The number of hydrogen-bond donors (Lipinski definition) is 3. The van der Waals surface area contributed by atoms with E-state index >= 15 is 0 Å². The van der Waals surface area contributed by atoms with Gasteiger partial charge in [-0.1, -0.05) is 28.4 Å². The molecule has 1 aromatic rings. The van der Waals surface area contributed by atoms with Gasteiger partial charge in [-0.05, 0) is 37.5 Å². The first-order valence-corrected chi connectivity index (χ1v) is 7.34. The van der Waals surface area contributed by atoms with Crippen molar-refractivity contribution < 1.29 is 9.90 Å². The highest BCUT2D eigenvalue weighted by atomic mass is 79.9. The third-order valence-electron chi connectivity index (χ3n) is 3.73. The van der Waals surface area contributed by atoms with Crippen LogP contribution in [0.15, 0.2) is 22.7 Å². The van der Waals surface area contributed by atoms with Crippen LogP contribution in [0.5, 0.6) is 0 Å². The van der Waals surface area contributed by atoms with Crippen LogP contribution in [0.1, 0.15) is 24.8 Å². The fourth-order valence-corrected chi connectivity index (χ4v) is 2.88. The van der Waals surface area contributed by atoms with Gasteiger partial charge in [-0.25, -0.2) is 4.79 Å². The van der Waals surface area contributed by atoms with Crippen molar-refractivity contribution in [1.82, 2.24) is 5.32 Å². The van der Waals surface area contributed by atoms with E-state index in [0.717, 1.165) is 35.0 Å². The zero-order valence-corrected chi connectivity index (χ0v) is 12.5. The molecule has 1 saturated carbocycles. The number of hydrogen-bond acceptors (Lipinski definition) is 2. The number of aliphatic hydroxyl groups is 1. The minimum Gasteiger partial charge on any atom is -0.396 e. The third-order valence-corrected chi connectivity index (χ3v) is 4.59. The van der Waals surface area contributed by atoms with Gasteiger partial charge in [0.05, 0.1) is 0 Å². The number of carbonyl (C=O) groups excluding carboxylic acids is 1. The largest absolute Gasteiger partial charge is 0.396 e. The molecule has 5 heteroatoms. The molecule has 1 fully saturated rings. The van der Waals surface area contributed by atoms with Gasteiger partial charge in [0.25, 0.3) is 0 Å². The van der Waals surface area contributed by atoms with Gasteiger partial charge in [0.1, 0.15) is 0 Å². The minimum atomic E-state index is -0.202. The summed E-state index contributed by atoms with van der Waals surface area (Å²) in [7, 11) is 0. The lowest BCUT2D eigenvalue weighted by atomic mass is 10.1. The molecule has 104 valence electrons. The molecular formula is C14H19BrN2O2. The number of halogens is 1. The summed E-state index contributed by atoms with van der Waals surface area (Å²) < 4.78 is 0.972. The molecule has 0 aliphatic heterocycles. The van der Waals surface area contributed by atoms with Gasteiger partial charge >= 0.3 is 6.03 Å². The Morgan fingerprint density at radius 2 is 2.26 bits per heavy atom. The predicted octanol–water partition coefficient (Wildman–Crippen LogP) is 3.04.